The maximum absolute atomic E-state index is 9.47. The highest BCUT2D eigenvalue weighted by Gasteiger charge is 2.00. The Morgan fingerprint density at radius 3 is 2.89 bits per heavy atom. The van der Waals surface area contributed by atoms with Gasteiger partial charge >= 0.3 is 0 Å². The number of nitro groups is 1. The van der Waals surface area contributed by atoms with Crippen molar-refractivity contribution in [1.29, 1.82) is 0 Å². The molecule has 0 aromatic carbocycles. The summed E-state index contributed by atoms with van der Waals surface area (Å²) >= 11 is 0. The van der Waals surface area contributed by atoms with E-state index in [1.807, 2.05) is 0 Å². The standard InChI is InChI=1S/H3N7O2/c1-3-4-6(2)5-7(8)9/h5H,2H2. The molecule has 0 saturated heterocycles. The van der Waals surface area contributed by atoms with Crippen LogP contribution >= 0.6 is 0 Å². The molecule has 9 nitrogen and oxygen atoms in total. The van der Waals surface area contributed by atoms with Crippen LogP contribution in [0.25, 0.3) is 10.4 Å². The molecule has 0 aliphatic heterocycles. The highest BCUT2D eigenvalue weighted by Crippen LogP contribution is 1.69. The first kappa shape index (κ1) is 7.27. The Balaban J connectivity index is 3.62. The van der Waals surface area contributed by atoms with E-state index < -0.39 is 5.03 Å². The molecular formula is H3N7O2. The van der Waals surface area contributed by atoms with Crippen molar-refractivity contribution in [3.05, 3.63) is 20.6 Å². The van der Waals surface area contributed by atoms with Crippen molar-refractivity contribution in [3.8, 4) is 0 Å². The summed E-state index contributed by atoms with van der Waals surface area (Å²) in [6.07, 6.45) is 0. The summed E-state index contributed by atoms with van der Waals surface area (Å²) in [5.41, 5.74) is 8.98. The maximum Gasteiger partial charge on any atom is 0.198 e. The summed E-state index contributed by atoms with van der Waals surface area (Å²) in [4.78, 5) is 11.6. The van der Waals surface area contributed by atoms with E-state index in [0.29, 0.717) is 0 Å². The largest absolute Gasteiger partial charge is 0.232 e. The SMILES string of the molecule is [N-]=[N+]=NN(N)N[N+](=O)[O-]. The Kier molecular flexibility index (Phi) is 2.66. The van der Waals surface area contributed by atoms with Gasteiger partial charge in [-0.1, -0.05) is 0 Å². The van der Waals surface area contributed by atoms with Gasteiger partial charge in [0.2, 0.25) is 0 Å². The molecule has 0 aliphatic rings. The first-order valence-corrected chi connectivity index (χ1v) is 1.67. The van der Waals surface area contributed by atoms with Gasteiger partial charge < -0.3 is 0 Å². The number of rotatable bonds is 3. The molecule has 9 heavy (non-hydrogen) atoms. The number of hydrogen-bond acceptors (Lipinski definition) is 4. The molecule has 0 spiro atoms. The molecule has 0 aliphatic carbocycles. The molecule has 50 valence electrons. The number of nitrogens with two attached hydrogens (primary N) is 1. The van der Waals surface area contributed by atoms with E-state index in [0.717, 1.165) is 0 Å². The van der Waals surface area contributed by atoms with E-state index in [4.69, 9.17) is 5.53 Å². The quantitative estimate of drug-likeness (QED) is 0.128. The minimum atomic E-state index is -0.964. The summed E-state index contributed by atoms with van der Waals surface area (Å²) in [6.45, 7) is 0. The van der Waals surface area contributed by atoms with E-state index >= 15 is 0 Å². The van der Waals surface area contributed by atoms with Gasteiger partial charge in [0.05, 0.1) is 5.53 Å². The van der Waals surface area contributed by atoms with Gasteiger partial charge in [-0.15, -0.1) is 11.4 Å². The molecule has 0 amide bonds. The Labute approximate surface area is 48.7 Å². The number of hydrazine groups is 3. The van der Waals surface area contributed by atoms with E-state index in [1.54, 1.807) is 0 Å². The van der Waals surface area contributed by atoms with Crippen molar-refractivity contribution in [2.24, 2.45) is 11.1 Å². The zero-order valence-electron chi connectivity index (χ0n) is 4.13. The number of nitrogens with one attached hydrogen (secondary N) is 1. The maximum atomic E-state index is 9.47. The van der Waals surface area contributed by atoms with E-state index in [2.05, 4.69) is 16.0 Å². The van der Waals surface area contributed by atoms with Crippen LogP contribution in [0.4, 0.5) is 0 Å². The third-order valence-electron chi connectivity index (χ3n) is 0.320. The number of hydrogen-bond donors (Lipinski definition) is 2. The third kappa shape index (κ3) is 4.12. The second-order valence-corrected chi connectivity index (χ2v) is 0.881. The van der Waals surface area contributed by atoms with Crippen molar-refractivity contribution in [2.45, 2.75) is 0 Å². The molecule has 0 aromatic heterocycles. The van der Waals surface area contributed by atoms with Crippen LogP contribution in [0.15, 0.2) is 5.22 Å². The van der Waals surface area contributed by atoms with Crippen LogP contribution in [0.1, 0.15) is 0 Å². The van der Waals surface area contributed by atoms with E-state index in [-0.39, 0.29) is 5.23 Å². The smallest absolute Gasteiger partial charge is 0.198 e. The molecule has 0 heterocycles. The fourth-order valence-corrected chi connectivity index (χ4v) is 0.147. The van der Waals surface area contributed by atoms with Gasteiger partial charge in [-0.2, -0.15) is 4.91 Å². The van der Waals surface area contributed by atoms with Gasteiger partial charge in [0.1, 0.15) is 0 Å². The van der Waals surface area contributed by atoms with Crippen LogP contribution in [-0.2, 0) is 0 Å². The lowest BCUT2D eigenvalue weighted by Gasteiger charge is -1.96. The van der Waals surface area contributed by atoms with E-state index in [9.17, 15) is 10.1 Å². The highest BCUT2D eigenvalue weighted by atomic mass is 16.7. The first-order valence-electron chi connectivity index (χ1n) is 1.67. The predicted molar refractivity (Wildman–Crippen MR) is 25.3 cm³/mol. The summed E-state index contributed by atoms with van der Waals surface area (Å²) in [7, 11) is 0. The van der Waals surface area contributed by atoms with Crippen LogP contribution in [-0.4, -0.2) is 10.3 Å². The molecule has 0 atom stereocenters. The second kappa shape index (κ2) is 3.29. The Morgan fingerprint density at radius 1 is 2.00 bits per heavy atom. The average Bonchev–Trinajstić information content (AvgIpc) is 1.63. The molecule has 9 heteroatoms. The highest BCUT2D eigenvalue weighted by molar-refractivity contribution is 4.31. The van der Waals surface area contributed by atoms with Crippen molar-refractivity contribution in [3.63, 3.8) is 0 Å². The van der Waals surface area contributed by atoms with Gasteiger partial charge in [-0.05, 0) is 5.23 Å². The third-order valence-corrected chi connectivity index (χ3v) is 0.320. The zero-order valence-corrected chi connectivity index (χ0v) is 4.13. The van der Waals surface area contributed by atoms with Gasteiger partial charge in [0, 0.05) is 5.22 Å². The summed E-state index contributed by atoms with van der Waals surface area (Å²) in [5.74, 6) is 4.65. The lowest BCUT2D eigenvalue weighted by atomic mass is 12.1. The first-order chi connectivity index (χ1) is 4.16. The normalized spacial score (nSPS) is 7.22. The van der Waals surface area contributed by atoms with Crippen molar-refractivity contribution >= 4 is 0 Å². The molecule has 0 radical (unpaired) electrons. The molecule has 0 aromatic rings. The van der Waals surface area contributed by atoms with Crippen LogP contribution < -0.4 is 11.4 Å². The minimum Gasteiger partial charge on any atom is -0.232 e. The summed E-state index contributed by atoms with van der Waals surface area (Å²) < 4.78 is 0. The molecule has 0 unspecified atom stereocenters. The van der Waals surface area contributed by atoms with Crippen molar-refractivity contribution in [1.82, 2.24) is 10.8 Å². The molecule has 0 saturated carbocycles. The Bertz CT molecular complexity index is 143. The zero-order chi connectivity index (χ0) is 7.28. The topological polar surface area (TPSA) is 133 Å². The van der Waals surface area contributed by atoms with Crippen LogP contribution in [0.5, 0.6) is 0 Å². The number of nitrogens with zero attached hydrogens (tertiary/aromatic N) is 5. The van der Waals surface area contributed by atoms with Gasteiger partial charge in [0.15, 0.2) is 5.03 Å². The average molecular weight is 133 g/mol. The molecule has 0 bridgehead atoms. The van der Waals surface area contributed by atoms with Gasteiger partial charge in [-0.3, -0.25) is 0 Å². The number of azide groups is 1. The van der Waals surface area contributed by atoms with Crippen LogP contribution in [0.2, 0.25) is 0 Å². The lowest BCUT2D eigenvalue weighted by molar-refractivity contribution is -0.580. The van der Waals surface area contributed by atoms with E-state index in [1.165, 1.54) is 5.53 Å². The fraction of sp³-hybridized carbons (Fsp3) is 0. The van der Waals surface area contributed by atoms with Crippen LogP contribution in [0, 0.1) is 10.1 Å². The summed E-state index contributed by atoms with van der Waals surface area (Å²) in [6, 6.07) is 0. The molecule has 0 fully saturated rings. The monoisotopic (exact) mass is 133 g/mol. The molecule has 0 rings (SSSR count). The Hall–Kier alpha value is -1.73. The summed E-state index contributed by atoms with van der Waals surface area (Å²) in [5, 5.41) is 11.3. The Morgan fingerprint density at radius 2 is 2.56 bits per heavy atom. The lowest BCUT2D eigenvalue weighted by Crippen LogP contribution is -2.42. The predicted octanol–water partition coefficient (Wildman–Crippen LogP) is -0.916. The fourth-order valence-electron chi connectivity index (χ4n) is 0.147. The van der Waals surface area contributed by atoms with Gasteiger partial charge in [0.25, 0.3) is 0 Å². The van der Waals surface area contributed by atoms with Crippen molar-refractivity contribution in [2.75, 3.05) is 0 Å². The minimum absolute atomic E-state index is 0.139. The van der Waals surface area contributed by atoms with Crippen molar-refractivity contribution < 1.29 is 5.03 Å². The molecule has 3 N–H and O–H groups in total. The van der Waals surface area contributed by atoms with Gasteiger partial charge in [-0.25, -0.2) is 10.1 Å². The van der Waals surface area contributed by atoms with Crippen LogP contribution in [0.3, 0.4) is 0 Å². The second-order valence-electron chi connectivity index (χ2n) is 0.881. The molecular weight excluding hydrogens is 130 g/mol.